The molecule has 0 aliphatic carbocycles. The number of hydrogen-bond acceptors (Lipinski definition) is 2. The minimum atomic E-state index is 0.175. The van der Waals surface area contributed by atoms with Gasteiger partial charge in [-0.1, -0.05) is 31.2 Å². The lowest BCUT2D eigenvalue weighted by Gasteiger charge is -2.22. The van der Waals surface area contributed by atoms with Crippen molar-refractivity contribution in [3.8, 4) is 11.5 Å². The lowest BCUT2D eigenvalue weighted by molar-refractivity contribution is 0.244. The molecule has 0 saturated heterocycles. The van der Waals surface area contributed by atoms with Crippen LogP contribution in [0.25, 0.3) is 16.8 Å². The molecule has 1 unspecified atom stereocenters. The smallest absolute Gasteiger partial charge is 0.135 e. The van der Waals surface area contributed by atoms with E-state index in [0.29, 0.717) is 0 Å². The highest BCUT2D eigenvalue weighted by Crippen LogP contribution is 2.36. The summed E-state index contributed by atoms with van der Waals surface area (Å²) in [5, 5.41) is 2.30. The lowest BCUT2D eigenvalue weighted by Crippen LogP contribution is -2.15. The summed E-state index contributed by atoms with van der Waals surface area (Å²) < 4.78 is 11.3. The fraction of sp³-hybridized carbons (Fsp3) is 0.250. The zero-order chi connectivity index (χ0) is 12.5. The van der Waals surface area contributed by atoms with Crippen molar-refractivity contribution in [1.82, 2.24) is 0 Å². The van der Waals surface area contributed by atoms with Crippen LogP contribution in [0, 0.1) is 0 Å². The zero-order valence-electron chi connectivity index (χ0n) is 10.6. The van der Waals surface area contributed by atoms with Crippen LogP contribution >= 0.6 is 0 Å². The van der Waals surface area contributed by atoms with Crippen LogP contribution in [0.5, 0.6) is 11.5 Å². The molecule has 0 fully saturated rings. The van der Waals surface area contributed by atoms with Gasteiger partial charge in [-0.15, -0.1) is 0 Å². The fourth-order valence-corrected chi connectivity index (χ4v) is 2.30. The largest absolute Gasteiger partial charge is 0.497 e. The first-order valence-electron chi connectivity index (χ1n) is 6.27. The fourth-order valence-electron chi connectivity index (χ4n) is 2.30. The summed E-state index contributed by atoms with van der Waals surface area (Å²) >= 11 is 0. The summed E-state index contributed by atoms with van der Waals surface area (Å²) in [7, 11) is 1.69. The molecule has 2 nitrogen and oxygen atoms in total. The molecule has 0 aromatic heterocycles. The number of methoxy groups -OCH3 is 1. The van der Waals surface area contributed by atoms with Gasteiger partial charge in [-0.25, -0.2) is 0 Å². The van der Waals surface area contributed by atoms with E-state index in [2.05, 4.69) is 37.3 Å². The Morgan fingerprint density at radius 2 is 2.06 bits per heavy atom. The van der Waals surface area contributed by atoms with Crippen LogP contribution in [-0.2, 0) is 0 Å². The molecule has 3 rings (SSSR count). The molecule has 1 heterocycles. The van der Waals surface area contributed by atoms with Crippen LogP contribution in [0.4, 0.5) is 0 Å². The molecule has 0 amide bonds. The zero-order valence-corrected chi connectivity index (χ0v) is 10.6. The van der Waals surface area contributed by atoms with Crippen molar-refractivity contribution >= 4 is 16.8 Å². The quantitative estimate of drug-likeness (QED) is 0.789. The normalized spacial score (nSPS) is 17.3. The Bertz CT molecular complexity index is 614. The van der Waals surface area contributed by atoms with E-state index in [-0.39, 0.29) is 6.10 Å². The minimum Gasteiger partial charge on any atom is -0.497 e. The van der Waals surface area contributed by atoms with E-state index in [1.54, 1.807) is 7.11 Å². The molecule has 1 atom stereocenters. The van der Waals surface area contributed by atoms with Gasteiger partial charge < -0.3 is 9.47 Å². The predicted molar refractivity (Wildman–Crippen MR) is 74.2 cm³/mol. The van der Waals surface area contributed by atoms with Crippen molar-refractivity contribution in [2.45, 2.75) is 19.4 Å². The van der Waals surface area contributed by atoms with Crippen LogP contribution in [-0.4, -0.2) is 13.2 Å². The Morgan fingerprint density at radius 3 is 2.83 bits per heavy atom. The van der Waals surface area contributed by atoms with Gasteiger partial charge in [0.1, 0.15) is 17.6 Å². The second kappa shape index (κ2) is 4.37. The SMILES string of the molecule is CCC1C=Cc2ccc3ccc(OC)cc3c2O1. The van der Waals surface area contributed by atoms with Crippen molar-refractivity contribution < 1.29 is 9.47 Å². The van der Waals surface area contributed by atoms with Gasteiger partial charge in [-0.2, -0.15) is 0 Å². The molecule has 2 heteroatoms. The second-order valence-electron chi connectivity index (χ2n) is 4.49. The maximum absolute atomic E-state index is 6.05. The van der Waals surface area contributed by atoms with Crippen molar-refractivity contribution in [1.29, 1.82) is 0 Å². The monoisotopic (exact) mass is 240 g/mol. The van der Waals surface area contributed by atoms with E-state index < -0.39 is 0 Å². The maximum atomic E-state index is 6.05. The third-order valence-corrected chi connectivity index (χ3v) is 3.37. The van der Waals surface area contributed by atoms with E-state index in [9.17, 15) is 0 Å². The Balaban J connectivity index is 2.21. The molecule has 2 aromatic carbocycles. The average molecular weight is 240 g/mol. The first kappa shape index (κ1) is 11.1. The van der Waals surface area contributed by atoms with E-state index >= 15 is 0 Å². The third-order valence-electron chi connectivity index (χ3n) is 3.37. The molecule has 1 aliphatic rings. The van der Waals surface area contributed by atoms with Gasteiger partial charge in [0, 0.05) is 10.9 Å². The molecule has 1 aliphatic heterocycles. The molecular formula is C16H16O2. The Hall–Kier alpha value is -1.96. The van der Waals surface area contributed by atoms with Crippen LogP contribution in [0.2, 0.25) is 0 Å². The number of benzene rings is 2. The van der Waals surface area contributed by atoms with E-state index in [1.807, 2.05) is 12.1 Å². The summed E-state index contributed by atoms with van der Waals surface area (Å²) in [6.07, 6.45) is 5.42. The molecular weight excluding hydrogens is 224 g/mol. The number of ether oxygens (including phenoxy) is 2. The second-order valence-corrected chi connectivity index (χ2v) is 4.49. The molecule has 0 bridgehead atoms. The summed E-state index contributed by atoms with van der Waals surface area (Å²) in [6, 6.07) is 10.3. The Morgan fingerprint density at radius 1 is 1.22 bits per heavy atom. The molecule has 0 saturated carbocycles. The molecule has 92 valence electrons. The van der Waals surface area contributed by atoms with Crippen molar-refractivity contribution in [3.63, 3.8) is 0 Å². The summed E-state index contributed by atoms with van der Waals surface area (Å²) in [5.41, 5.74) is 1.14. The highest BCUT2D eigenvalue weighted by Gasteiger charge is 2.16. The summed E-state index contributed by atoms with van der Waals surface area (Å²) in [4.78, 5) is 0. The molecule has 2 aromatic rings. The van der Waals surface area contributed by atoms with Gasteiger partial charge in [0.25, 0.3) is 0 Å². The molecule has 18 heavy (non-hydrogen) atoms. The first-order valence-corrected chi connectivity index (χ1v) is 6.27. The predicted octanol–water partition coefficient (Wildman–Crippen LogP) is 4.03. The Labute approximate surface area is 107 Å². The lowest BCUT2D eigenvalue weighted by atomic mass is 10.0. The number of rotatable bonds is 2. The van der Waals surface area contributed by atoms with E-state index in [1.165, 1.54) is 5.39 Å². The van der Waals surface area contributed by atoms with Crippen molar-refractivity contribution in [2.75, 3.05) is 7.11 Å². The van der Waals surface area contributed by atoms with E-state index in [0.717, 1.165) is 28.9 Å². The number of fused-ring (bicyclic) bond motifs is 3. The topological polar surface area (TPSA) is 18.5 Å². The van der Waals surface area contributed by atoms with Crippen molar-refractivity contribution in [3.05, 3.63) is 42.0 Å². The Kier molecular flexibility index (Phi) is 2.71. The summed E-state index contributed by atoms with van der Waals surface area (Å²) in [6.45, 7) is 2.13. The standard InChI is InChI=1S/C16H16O2/c1-3-13-8-7-12-5-4-11-6-9-14(17-2)10-15(11)16(12)18-13/h4-10,13H,3H2,1-2H3. The molecule has 0 N–H and O–H groups in total. The van der Waals surface area contributed by atoms with Crippen LogP contribution < -0.4 is 9.47 Å². The van der Waals surface area contributed by atoms with Crippen LogP contribution in [0.3, 0.4) is 0 Å². The maximum Gasteiger partial charge on any atom is 0.135 e. The van der Waals surface area contributed by atoms with Gasteiger partial charge in [-0.3, -0.25) is 0 Å². The van der Waals surface area contributed by atoms with Gasteiger partial charge in [0.2, 0.25) is 0 Å². The minimum absolute atomic E-state index is 0.175. The van der Waals surface area contributed by atoms with Gasteiger partial charge >= 0.3 is 0 Å². The molecule has 0 radical (unpaired) electrons. The average Bonchev–Trinajstić information content (AvgIpc) is 2.45. The highest BCUT2D eigenvalue weighted by molar-refractivity contribution is 5.93. The third kappa shape index (κ3) is 1.74. The van der Waals surface area contributed by atoms with Crippen LogP contribution in [0.15, 0.2) is 36.4 Å². The first-order chi connectivity index (χ1) is 8.81. The van der Waals surface area contributed by atoms with Crippen LogP contribution in [0.1, 0.15) is 18.9 Å². The highest BCUT2D eigenvalue weighted by atomic mass is 16.5. The number of hydrogen-bond donors (Lipinski definition) is 0. The van der Waals surface area contributed by atoms with Gasteiger partial charge in [0.15, 0.2) is 0 Å². The van der Waals surface area contributed by atoms with E-state index in [4.69, 9.17) is 9.47 Å². The summed E-state index contributed by atoms with van der Waals surface area (Å²) in [5.74, 6) is 1.84. The van der Waals surface area contributed by atoms with Crippen molar-refractivity contribution in [2.24, 2.45) is 0 Å². The van der Waals surface area contributed by atoms with Gasteiger partial charge in [0.05, 0.1) is 7.11 Å². The van der Waals surface area contributed by atoms with Gasteiger partial charge in [-0.05, 0) is 30.0 Å². The molecule has 0 spiro atoms.